The zero-order chi connectivity index (χ0) is 16.7. The van der Waals surface area contributed by atoms with E-state index in [0.717, 1.165) is 0 Å². The van der Waals surface area contributed by atoms with Gasteiger partial charge in [0.1, 0.15) is 23.7 Å². The third-order valence-electron chi connectivity index (χ3n) is 2.84. The Morgan fingerprint density at radius 1 is 1.45 bits per heavy atom. The van der Waals surface area contributed by atoms with Gasteiger partial charge in [0.05, 0.1) is 5.03 Å². The molecule has 0 aromatic rings. The van der Waals surface area contributed by atoms with Crippen LogP contribution in [-0.4, -0.2) is 50.3 Å². The number of hydrogen-bond donors (Lipinski definition) is 1. The first-order chi connectivity index (χ1) is 10.1. The molecule has 1 unspecified atom stereocenters. The van der Waals surface area contributed by atoms with Crippen LogP contribution in [0.4, 0.5) is 0 Å². The average molecular weight is 408 g/mol. The summed E-state index contributed by atoms with van der Waals surface area (Å²) in [4.78, 5) is 36.5. The molecule has 2 amide bonds. The number of fused-ring (bicyclic) bond motifs is 1. The van der Waals surface area contributed by atoms with Gasteiger partial charge in [0.2, 0.25) is 9.70 Å². The van der Waals surface area contributed by atoms with E-state index in [2.05, 4.69) is 5.32 Å². The van der Waals surface area contributed by atoms with Gasteiger partial charge >= 0.3 is 5.97 Å². The fourth-order valence-electron chi connectivity index (χ4n) is 2.01. The van der Waals surface area contributed by atoms with Crippen LogP contribution >= 0.6 is 58.2 Å². The SMILES string of the molecule is CC(=O)NC1C(=O)N2C(C(=O)OCC(Cl)(Cl)Cl)=C(Cl)CS[C@@H]12. The first kappa shape index (κ1) is 18.0. The van der Waals surface area contributed by atoms with Gasteiger partial charge in [0.25, 0.3) is 5.91 Å². The average Bonchev–Trinajstić information content (AvgIpc) is 2.41. The number of carbonyl (C=O) groups is 3. The summed E-state index contributed by atoms with van der Waals surface area (Å²) >= 11 is 23.9. The molecule has 1 fully saturated rings. The predicted molar refractivity (Wildman–Crippen MR) is 84.8 cm³/mol. The molecule has 1 N–H and O–H groups in total. The fraction of sp³-hybridized carbons (Fsp3) is 0.545. The van der Waals surface area contributed by atoms with Crippen LogP contribution in [0.3, 0.4) is 0 Å². The molecule has 0 aromatic carbocycles. The summed E-state index contributed by atoms with van der Waals surface area (Å²) in [6, 6.07) is -0.691. The highest BCUT2D eigenvalue weighted by Gasteiger charge is 2.54. The van der Waals surface area contributed by atoms with Crippen LogP contribution < -0.4 is 5.32 Å². The van der Waals surface area contributed by atoms with Gasteiger partial charge in [-0.1, -0.05) is 46.4 Å². The molecule has 2 atom stereocenters. The summed E-state index contributed by atoms with van der Waals surface area (Å²) in [6.45, 7) is 0.835. The summed E-state index contributed by atoms with van der Waals surface area (Å²) in [7, 11) is 0. The third-order valence-corrected chi connectivity index (χ3v) is 4.92. The monoisotopic (exact) mass is 406 g/mol. The molecule has 122 valence electrons. The smallest absolute Gasteiger partial charge is 0.356 e. The molecule has 2 heterocycles. The maximum Gasteiger partial charge on any atom is 0.356 e. The van der Waals surface area contributed by atoms with E-state index in [4.69, 9.17) is 51.1 Å². The number of nitrogens with one attached hydrogen (secondary N) is 1. The molecule has 22 heavy (non-hydrogen) atoms. The number of nitrogens with zero attached hydrogens (tertiary/aromatic N) is 1. The van der Waals surface area contributed by atoms with Crippen molar-refractivity contribution in [3.05, 3.63) is 10.7 Å². The Balaban J connectivity index is 2.12. The van der Waals surface area contributed by atoms with Crippen molar-refractivity contribution in [2.45, 2.75) is 22.1 Å². The molecular formula is C11H10Cl4N2O4S. The van der Waals surface area contributed by atoms with E-state index < -0.39 is 33.7 Å². The first-order valence-corrected chi connectivity index (χ1v) is 8.52. The molecular weight excluding hydrogens is 398 g/mol. The molecule has 0 aromatic heterocycles. The van der Waals surface area contributed by atoms with Crippen molar-refractivity contribution in [1.82, 2.24) is 10.2 Å². The van der Waals surface area contributed by atoms with Crippen LogP contribution in [0.15, 0.2) is 10.7 Å². The molecule has 0 aliphatic carbocycles. The van der Waals surface area contributed by atoms with E-state index in [1.165, 1.54) is 23.6 Å². The minimum atomic E-state index is -1.76. The Kier molecular flexibility index (Phi) is 5.44. The van der Waals surface area contributed by atoms with E-state index in [1.807, 2.05) is 0 Å². The van der Waals surface area contributed by atoms with Crippen molar-refractivity contribution >= 4 is 75.9 Å². The molecule has 2 aliphatic rings. The van der Waals surface area contributed by atoms with Gasteiger partial charge in [-0.15, -0.1) is 11.8 Å². The number of hydrogen-bond acceptors (Lipinski definition) is 5. The Hall–Kier alpha value is -0.340. The minimum Gasteiger partial charge on any atom is -0.456 e. The Labute approximate surface area is 150 Å². The second-order valence-electron chi connectivity index (χ2n) is 4.53. The summed E-state index contributed by atoms with van der Waals surface area (Å²) in [5, 5.41) is 2.29. The van der Waals surface area contributed by atoms with E-state index in [-0.39, 0.29) is 16.6 Å². The molecule has 0 radical (unpaired) electrons. The van der Waals surface area contributed by atoms with E-state index in [0.29, 0.717) is 5.75 Å². The molecule has 2 rings (SSSR count). The Morgan fingerprint density at radius 2 is 2.09 bits per heavy atom. The Morgan fingerprint density at radius 3 is 2.64 bits per heavy atom. The molecule has 0 spiro atoms. The fourth-order valence-corrected chi connectivity index (χ4v) is 3.72. The minimum absolute atomic E-state index is 0.0775. The zero-order valence-corrected chi connectivity index (χ0v) is 14.9. The van der Waals surface area contributed by atoms with Gasteiger partial charge in [0, 0.05) is 12.7 Å². The van der Waals surface area contributed by atoms with Crippen LogP contribution in [0.25, 0.3) is 0 Å². The number of carbonyl (C=O) groups excluding carboxylic acids is 3. The molecule has 1 saturated heterocycles. The van der Waals surface area contributed by atoms with Crippen LogP contribution in [0, 0.1) is 0 Å². The van der Waals surface area contributed by atoms with Crippen molar-refractivity contribution in [2.75, 3.05) is 12.4 Å². The zero-order valence-electron chi connectivity index (χ0n) is 11.1. The normalized spacial score (nSPS) is 24.6. The molecule has 0 saturated carbocycles. The van der Waals surface area contributed by atoms with E-state index >= 15 is 0 Å². The number of alkyl halides is 3. The Bertz CT molecular complexity index is 563. The second-order valence-corrected chi connectivity index (χ2v) is 8.61. The van der Waals surface area contributed by atoms with Crippen LogP contribution in [0.2, 0.25) is 0 Å². The second kappa shape index (κ2) is 6.65. The van der Waals surface area contributed by atoms with Crippen molar-refractivity contribution in [1.29, 1.82) is 0 Å². The highest BCUT2D eigenvalue weighted by atomic mass is 35.6. The number of ether oxygens (including phenoxy) is 1. The number of β-lactam (4-membered cyclic amide) rings is 1. The van der Waals surface area contributed by atoms with Crippen molar-refractivity contribution in [3.8, 4) is 0 Å². The lowest BCUT2D eigenvalue weighted by molar-refractivity contribution is -0.152. The summed E-state index contributed by atoms with van der Waals surface area (Å²) in [5.41, 5.74) is -0.0775. The topological polar surface area (TPSA) is 75.7 Å². The summed E-state index contributed by atoms with van der Waals surface area (Å²) < 4.78 is 3.11. The van der Waals surface area contributed by atoms with Gasteiger partial charge in [-0.05, 0) is 0 Å². The van der Waals surface area contributed by atoms with Gasteiger partial charge in [0.15, 0.2) is 0 Å². The quantitative estimate of drug-likeness (QED) is 0.438. The summed E-state index contributed by atoms with van der Waals surface area (Å²) in [5.74, 6) is -1.31. The lowest BCUT2D eigenvalue weighted by Gasteiger charge is -2.49. The van der Waals surface area contributed by atoms with Crippen molar-refractivity contribution in [2.24, 2.45) is 0 Å². The summed E-state index contributed by atoms with van der Waals surface area (Å²) in [6.07, 6.45) is 0. The van der Waals surface area contributed by atoms with Crippen LogP contribution in [-0.2, 0) is 19.1 Å². The van der Waals surface area contributed by atoms with Gasteiger partial charge in [-0.25, -0.2) is 4.79 Å². The van der Waals surface area contributed by atoms with Crippen molar-refractivity contribution in [3.63, 3.8) is 0 Å². The van der Waals surface area contributed by atoms with Crippen LogP contribution in [0.5, 0.6) is 0 Å². The lowest BCUT2D eigenvalue weighted by Crippen LogP contribution is -2.70. The van der Waals surface area contributed by atoms with Crippen molar-refractivity contribution < 1.29 is 19.1 Å². The largest absolute Gasteiger partial charge is 0.456 e. The number of amides is 2. The third kappa shape index (κ3) is 3.76. The lowest BCUT2D eigenvalue weighted by atomic mass is 10.1. The highest BCUT2D eigenvalue weighted by molar-refractivity contribution is 8.00. The standard InChI is InChI=1S/C11H10Cl4N2O4S/c1-4(18)16-6-8(19)17-7(5(12)2-22-9(6)17)10(20)21-3-11(13,14)15/h6,9H,2-3H2,1H3,(H,16,18)/t6?,9-/m0/s1. The molecule has 11 heteroatoms. The number of rotatable bonds is 3. The van der Waals surface area contributed by atoms with E-state index in [1.54, 1.807) is 0 Å². The predicted octanol–water partition coefficient (Wildman–Crippen LogP) is 1.77. The van der Waals surface area contributed by atoms with Gasteiger partial charge in [-0.3, -0.25) is 14.5 Å². The number of thioether (sulfide) groups is 1. The maximum atomic E-state index is 12.1. The molecule has 0 bridgehead atoms. The van der Waals surface area contributed by atoms with Gasteiger partial charge in [-0.2, -0.15) is 0 Å². The molecule has 6 nitrogen and oxygen atoms in total. The van der Waals surface area contributed by atoms with Crippen LogP contribution in [0.1, 0.15) is 6.92 Å². The first-order valence-electron chi connectivity index (χ1n) is 5.96. The van der Waals surface area contributed by atoms with E-state index in [9.17, 15) is 14.4 Å². The number of halogens is 4. The maximum absolute atomic E-state index is 12.1. The van der Waals surface area contributed by atoms with Gasteiger partial charge < -0.3 is 10.1 Å². The molecule has 2 aliphatic heterocycles. The highest BCUT2D eigenvalue weighted by Crippen LogP contribution is 2.41. The number of esters is 1.